The van der Waals surface area contributed by atoms with Crippen LogP contribution in [0.2, 0.25) is 0 Å². The van der Waals surface area contributed by atoms with E-state index in [1.807, 2.05) is 73.7 Å². The monoisotopic (exact) mass is 450 g/mol. The van der Waals surface area contributed by atoms with Gasteiger partial charge in [0.2, 0.25) is 15.9 Å². The van der Waals surface area contributed by atoms with Crippen molar-refractivity contribution >= 4 is 21.6 Å². The number of benzene rings is 3. The first kappa shape index (κ1) is 23.5. The number of nitrogens with one attached hydrogen (secondary N) is 1. The van der Waals surface area contributed by atoms with Gasteiger partial charge in [0.15, 0.2) is 0 Å². The highest BCUT2D eigenvalue weighted by Gasteiger charge is 2.24. The molecule has 168 valence electrons. The number of nitrogens with zero attached hydrogens (tertiary/aromatic N) is 1. The lowest BCUT2D eigenvalue weighted by molar-refractivity contribution is -0.120. The van der Waals surface area contributed by atoms with Gasteiger partial charge in [0.1, 0.15) is 6.54 Å². The number of sulfonamides is 1. The number of aryl methyl sites for hydroxylation is 1. The minimum absolute atomic E-state index is 0.297. The van der Waals surface area contributed by atoms with Crippen LogP contribution in [0.1, 0.15) is 48.1 Å². The van der Waals surface area contributed by atoms with E-state index in [1.54, 1.807) is 12.1 Å². The van der Waals surface area contributed by atoms with Crippen molar-refractivity contribution in [1.82, 2.24) is 5.32 Å². The summed E-state index contributed by atoms with van der Waals surface area (Å²) in [7, 11) is -3.65. The molecule has 0 aliphatic carbocycles. The Labute approximate surface area is 191 Å². The van der Waals surface area contributed by atoms with E-state index < -0.39 is 10.0 Å². The van der Waals surface area contributed by atoms with Gasteiger partial charge in [-0.05, 0) is 47.2 Å². The molecule has 0 saturated heterocycles. The fraction of sp³-hybridized carbons (Fsp3) is 0.269. The topological polar surface area (TPSA) is 66.5 Å². The van der Waals surface area contributed by atoms with Gasteiger partial charge in [-0.3, -0.25) is 9.10 Å². The van der Waals surface area contributed by atoms with Crippen molar-refractivity contribution in [3.8, 4) is 0 Å². The molecule has 0 saturated carbocycles. The van der Waals surface area contributed by atoms with Crippen LogP contribution in [0, 0.1) is 6.92 Å². The molecule has 0 spiro atoms. The second-order valence-corrected chi connectivity index (χ2v) is 10.2. The zero-order valence-electron chi connectivity index (χ0n) is 18.9. The second kappa shape index (κ2) is 10.0. The quantitative estimate of drug-likeness (QED) is 0.537. The van der Waals surface area contributed by atoms with Crippen LogP contribution in [0.15, 0.2) is 78.9 Å². The van der Waals surface area contributed by atoms with Gasteiger partial charge in [-0.25, -0.2) is 8.42 Å². The van der Waals surface area contributed by atoms with Crippen molar-refractivity contribution in [3.05, 3.63) is 101 Å². The second-order valence-electron chi connectivity index (χ2n) is 8.28. The van der Waals surface area contributed by atoms with Crippen LogP contribution in [-0.2, 0) is 14.8 Å². The van der Waals surface area contributed by atoms with Crippen molar-refractivity contribution < 1.29 is 13.2 Å². The molecule has 0 aromatic heterocycles. The van der Waals surface area contributed by atoms with E-state index in [1.165, 1.54) is 0 Å². The highest BCUT2D eigenvalue weighted by Crippen LogP contribution is 2.26. The van der Waals surface area contributed by atoms with E-state index in [0.29, 0.717) is 11.6 Å². The first-order valence-corrected chi connectivity index (χ1v) is 12.5. The van der Waals surface area contributed by atoms with Gasteiger partial charge in [0, 0.05) is 0 Å². The number of anilines is 1. The molecule has 0 fully saturated rings. The Hall–Kier alpha value is -3.12. The van der Waals surface area contributed by atoms with E-state index >= 15 is 0 Å². The Kier molecular flexibility index (Phi) is 7.36. The van der Waals surface area contributed by atoms with Gasteiger partial charge in [-0.2, -0.15) is 0 Å². The van der Waals surface area contributed by atoms with Crippen molar-refractivity contribution in [3.63, 3.8) is 0 Å². The average molecular weight is 451 g/mol. The molecule has 5 nitrogen and oxygen atoms in total. The lowest BCUT2D eigenvalue weighted by Crippen LogP contribution is -2.42. The standard InChI is InChI=1S/C26H30N2O3S/c1-19(2)21-14-16-23(17-15-21)28(32(4,30)31)18-25(29)27-26(22-11-6-5-7-12-22)24-13-9-8-10-20(24)3/h5-17,19,26H,18H2,1-4H3,(H,27,29). The Morgan fingerprint density at radius 2 is 1.47 bits per heavy atom. The van der Waals surface area contributed by atoms with Crippen LogP contribution in [0.25, 0.3) is 0 Å². The summed E-state index contributed by atoms with van der Waals surface area (Å²) in [6.45, 7) is 5.85. The summed E-state index contributed by atoms with van der Waals surface area (Å²) < 4.78 is 26.2. The van der Waals surface area contributed by atoms with Crippen molar-refractivity contribution in [2.45, 2.75) is 32.7 Å². The first-order chi connectivity index (χ1) is 15.2. The maximum absolute atomic E-state index is 13.1. The maximum atomic E-state index is 13.1. The van der Waals surface area contributed by atoms with Crippen molar-refractivity contribution in [2.24, 2.45) is 0 Å². The zero-order valence-corrected chi connectivity index (χ0v) is 19.8. The Morgan fingerprint density at radius 1 is 0.875 bits per heavy atom. The van der Waals surface area contributed by atoms with E-state index in [2.05, 4.69) is 19.2 Å². The molecular formula is C26H30N2O3S. The predicted molar refractivity (Wildman–Crippen MR) is 130 cm³/mol. The summed E-state index contributed by atoms with van der Waals surface area (Å²) in [4.78, 5) is 13.1. The summed E-state index contributed by atoms with van der Waals surface area (Å²) in [5.74, 6) is -0.0414. The van der Waals surface area contributed by atoms with Crippen LogP contribution in [0.5, 0.6) is 0 Å². The van der Waals surface area contributed by atoms with Gasteiger partial charge in [0.25, 0.3) is 0 Å². The van der Waals surface area contributed by atoms with E-state index in [-0.39, 0.29) is 18.5 Å². The summed E-state index contributed by atoms with van der Waals surface area (Å²) in [6.07, 6.45) is 1.12. The number of carbonyl (C=O) groups excluding carboxylic acids is 1. The van der Waals surface area contributed by atoms with E-state index in [0.717, 1.165) is 32.8 Å². The summed E-state index contributed by atoms with van der Waals surface area (Å²) >= 11 is 0. The number of rotatable bonds is 8. The third-order valence-electron chi connectivity index (χ3n) is 5.47. The lowest BCUT2D eigenvalue weighted by atomic mass is 9.95. The number of carbonyl (C=O) groups is 1. The molecule has 3 rings (SSSR count). The van der Waals surface area contributed by atoms with Crippen LogP contribution in [0.3, 0.4) is 0 Å². The normalized spacial score (nSPS) is 12.4. The molecular weight excluding hydrogens is 420 g/mol. The SMILES string of the molecule is Cc1ccccc1C(NC(=O)CN(c1ccc(C(C)C)cc1)S(C)(=O)=O)c1ccccc1. The molecule has 0 heterocycles. The van der Waals surface area contributed by atoms with Gasteiger partial charge in [-0.15, -0.1) is 0 Å². The molecule has 6 heteroatoms. The molecule has 1 N–H and O–H groups in total. The van der Waals surface area contributed by atoms with Crippen molar-refractivity contribution in [2.75, 3.05) is 17.1 Å². The number of amides is 1. The van der Waals surface area contributed by atoms with Crippen molar-refractivity contribution in [1.29, 1.82) is 0 Å². The van der Waals surface area contributed by atoms with E-state index in [9.17, 15) is 13.2 Å². The molecule has 3 aromatic rings. The molecule has 0 bridgehead atoms. The first-order valence-electron chi connectivity index (χ1n) is 10.6. The highest BCUT2D eigenvalue weighted by atomic mass is 32.2. The Morgan fingerprint density at radius 3 is 2.03 bits per heavy atom. The molecule has 32 heavy (non-hydrogen) atoms. The maximum Gasteiger partial charge on any atom is 0.241 e. The Balaban J connectivity index is 1.88. The van der Waals surface area contributed by atoms with Crippen LogP contribution >= 0.6 is 0 Å². The number of hydrogen-bond donors (Lipinski definition) is 1. The lowest BCUT2D eigenvalue weighted by Gasteiger charge is -2.26. The molecule has 1 unspecified atom stereocenters. The molecule has 3 aromatic carbocycles. The molecule has 1 amide bonds. The predicted octanol–water partition coefficient (Wildman–Crippen LogP) is 4.79. The molecule has 0 aliphatic rings. The minimum atomic E-state index is -3.65. The zero-order chi connectivity index (χ0) is 23.3. The molecule has 0 aliphatic heterocycles. The average Bonchev–Trinajstić information content (AvgIpc) is 2.76. The van der Waals surface area contributed by atoms with E-state index in [4.69, 9.17) is 0 Å². The summed E-state index contributed by atoms with van der Waals surface area (Å²) in [6, 6.07) is 24.5. The summed E-state index contributed by atoms with van der Waals surface area (Å²) in [5.41, 5.74) is 4.53. The third kappa shape index (κ3) is 5.77. The fourth-order valence-corrected chi connectivity index (χ4v) is 4.52. The molecule has 1 atom stereocenters. The Bertz CT molecular complexity index is 1160. The van der Waals surface area contributed by atoms with Gasteiger partial charge >= 0.3 is 0 Å². The fourth-order valence-electron chi connectivity index (χ4n) is 3.66. The van der Waals surface area contributed by atoms with Gasteiger partial charge in [0.05, 0.1) is 18.0 Å². The smallest absolute Gasteiger partial charge is 0.241 e. The van der Waals surface area contributed by atoms with Crippen LogP contribution < -0.4 is 9.62 Å². The highest BCUT2D eigenvalue weighted by molar-refractivity contribution is 7.92. The largest absolute Gasteiger partial charge is 0.344 e. The number of hydrogen-bond acceptors (Lipinski definition) is 3. The third-order valence-corrected chi connectivity index (χ3v) is 6.61. The van der Waals surface area contributed by atoms with Gasteiger partial charge in [-0.1, -0.05) is 80.6 Å². The van der Waals surface area contributed by atoms with Crippen LogP contribution in [-0.4, -0.2) is 27.1 Å². The summed E-state index contributed by atoms with van der Waals surface area (Å²) in [5, 5.41) is 3.05. The van der Waals surface area contributed by atoms with Crippen LogP contribution in [0.4, 0.5) is 5.69 Å². The minimum Gasteiger partial charge on any atom is -0.344 e. The molecule has 0 radical (unpaired) electrons. The van der Waals surface area contributed by atoms with Gasteiger partial charge < -0.3 is 5.32 Å².